The first kappa shape index (κ1) is 14.3. The monoisotopic (exact) mass is 352 g/mol. The first-order valence-corrected chi connectivity index (χ1v) is 6.47. The molecule has 1 rings (SSSR count). The molecule has 0 spiro atoms. The number of rotatable bonds is 4. The molecule has 0 aromatic carbocycles. The van der Waals surface area contributed by atoms with Crippen LogP contribution < -0.4 is 4.74 Å². The van der Waals surface area contributed by atoms with Crippen molar-refractivity contribution in [2.75, 3.05) is 6.61 Å². The molecule has 1 aromatic heterocycles. The van der Waals surface area contributed by atoms with Gasteiger partial charge in [-0.25, -0.2) is 0 Å². The van der Waals surface area contributed by atoms with Crippen LogP contribution in [0.4, 0.5) is 0 Å². The summed E-state index contributed by atoms with van der Waals surface area (Å²) < 4.78 is 12.9. The molecule has 0 amide bonds. The van der Waals surface area contributed by atoms with Crippen LogP contribution in [0.1, 0.15) is 27.7 Å². The lowest BCUT2D eigenvalue weighted by Gasteiger charge is -2.19. The fourth-order valence-electron chi connectivity index (χ4n) is 1.20. The standard InChI is InChI=1S/C11H17IN2O3/c1-5-16-10-8(12)6-14(13-10)7-9(15)17-11(2,3)4/h6H,5,7H2,1-4H3. The minimum Gasteiger partial charge on any atom is -0.476 e. The Morgan fingerprint density at radius 3 is 2.71 bits per heavy atom. The van der Waals surface area contributed by atoms with Crippen LogP contribution in [0, 0.1) is 3.57 Å². The second kappa shape index (κ2) is 5.70. The van der Waals surface area contributed by atoms with Gasteiger partial charge in [0.1, 0.15) is 12.1 Å². The van der Waals surface area contributed by atoms with Gasteiger partial charge < -0.3 is 9.47 Å². The van der Waals surface area contributed by atoms with Crippen LogP contribution in [0.15, 0.2) is 6.20 Å². The van der Waals surface area contributed by atoms with E-state index in [0.29, 0.717) is 12.5 Å². The number of ether oxygens (including phenoxy) is 2. The number of carbonyl (C=O) groups excluding carboxylic acids is 1. The molecule has 0 saturated carbocycles. The minimum atomic E-state index is -0.472. The molecule has 0 atom stereocenters. The van der Waals surface area contributed by atoms with Crippen molar-refractivity contribution in [2.45, 2.75) is 39.8 Å². The van der Waals surface area contributed by atoms with E-state index in [9.17, 15) is 4.79 Å². The summed E-state index contributed by atoms with van der Waals surface area (Å²) >= 11 is 2.12. The summed E-state index contributed by atoms with van der Waals surface area (Å²) in [5.41, 5.74) is -0.472. The first-order valence-electron chi connectivity index (χ1n) is 5.39. The van der Waals surface area contributed by atoms with E-state index < -0.39 is 5.60 Å². The molecular formula is C11H17IN2O3. The molecule has 0 aliphatic rings. The molecule has 0 unspecified atom stereocenters. The Bertz CT molecular complexity index is 396. The highest BCUT2D eigenvalue weighted by atomic mass is 127. The van der Waals surface area contributed by atoms with E-state index in [4.69, 9.17) is 9.47 Å². The van der Waals surface area contributed by atoms with Crippen LogP contribution in [-0.2, 0) is 16.1 Å². The van der Waals surface area contributed by atoms with Crippen molar-refractivity contribution in [1.82, 2.24) is 9.78 Å². The van der Waals surface area contributed by atoms with Crippen molar-refractivity contribution < 1.29 is 14.3 Å². The van der Waals surface area contributed by atoms with Crippen LogP contribution in [0.2, 0.25) is 0 Å². The molecule has 0 bridgehead atoms. The smallest absolute Gasteiger partial charge is 0.328 e. The third-order valence-electron chi connectivity index (χ3n) is 1.68. The molecule has 0 fully saturated rings. The Morgan fingerprint density at radius 1 is 1.53 bits per heavy atom. The Hall–Kier alpha value is -0.790. The number of halogens is 1. The SMILES string of the molecule is CCOc1nn(CC(=O)OC(C)(C)C)cc1I. The number of carbonyl (C=O) groups is 1. The molecule has 0 aliphatic carbocycles. The van der Waals surface area contributed by atoms with Crippen LogP contribution >= 0.6 is 22.6 Å². The van der Waals surface area contributed by atoms with Crippen LogP contribution in [0.3, 0.4) is 0 Å². The molecule has 1 aromatic rings. The largest absolute Gasteiger partial charge is 0.476 e. The fourth-order valence-corrected chi connectivity index (χ4v) is 1.79. The van der Waals surface area contributed by atoms with Crippen molar-refractivity contribution in [1.29, 1.82) is 0 Å². The highest BCUT2D eigenvalue weighted by Gasteiger charge is 2.17. The summed E-state index contributed by atoms with van der Waals surface area (Å²) in [6, 6.07) is 0. The lowest BCUT2D eigenvalue weighted by Crippen LogP contribution is -2.26. The van der Waals surface area contributed by atoms with Gasteiger partial charge in [0.2, 0.25) is 5.88 Å². The van der Waals surface area contributed by atoms with Gasteiger partial charge in [-0.2, -0.15) is 0 Å². The van der Waals surface area contributed by atoms with Crippen LogP contribution in [0.5, 0.6) is 5.88 Å². The Kier molecular flexibility index (Phi) is 4.79. The number of nitrogens with zero attached hydrogens (tertiary/aromatic N) is 2. The van der Waals surface area contributed by atoms with Crippen molar-refractivity contribution in [3.63, 3.8) is 0 Å². The van der Waals surface area contributed by atoms with Crippen molar-refractivity contribution in [3.8, 4) is 5.88 Å². The lowest BCUT2D eigenvalue weighted by molar-refractivity contribution is -0.155. The van der Waals surface area contributed by atoms with Gasteiger partial charge in [-0.05, 0) is 50.3 Å². The van der Waals surface area contributed by atoms with E-state index in [1.807, 2.05) is 27.7 Å². The normalized spacial score (nSPS) is 11.4. The van der Waals surface area contributed by atoms with E-state index in [2.05, 4.69) is 27.7 Å². The molecule has 0 N–H and O–H groups in total. The Labute approximate surface area is 115 Å². The minimum absolute atomic E-state index is 0.0976. The average molecular weight is 352 g/mol. The molecular weight excluding hydrogens is 335 g/mol. The summed E-state index contributed by atoms with van der Waals surface area (Å²) in [4.78, 5) is 11.6. The molecule has 0 radical (unpaired) electrons. The molecule has 17 heavy (non-hydrogen) atoms. The summed E-state index contributed by atoms with van der Waals surface area (Å²) in [5.74, 6) is 0.246. The molecule has 0 saturated heterocycles. The number of hydrogen-bond acceptors (Lipinski definition) is 4. The van der Waals surface area contributed by atoms with Gasteiger partial charge in [0.15, 0.2) is 0 Å². The summed E-state index contributed by atoms with van der Waals surface area (Å²) in [6.07, 6.45) is 1.76. The quantitative estimate of drug-likeness (QED) is 0.616. The van der Waals surface area contributed by atoms with Crippen molar-refractivity contribution in [2.24, 2.45) is 0 Å². The second-order valence-corrected chi connectivity index (χ2v) is 5.66. The maximum atomic E-state index is 11.6. The van der Waals surface area contributed by atoms with Gasteiger partial charge in [-0.3, -0.25) is 9.48 Å². The average Bonchev–Trinajstić information content (AvgIpc) is 2.43. The van der Waals surface area contributed by atoms with Crippen LogP contribution in [0.25, 0.3) is 0 Å². The Balaban J connectivity index is 2.63. The predicted octanol–water partition coefficient (Wildman–Crippen LogP) is 2.23. The van der Waals surface area contributed by atoms with Crippen molar-refractivity contribution in [3.05, 3.63) is 9.77 Å². The zero-order valence-electron chi connectivity index (χ0n) is 10.5. The van der Waals surface area contributed by atoms with Gasteiger partial charge in [-0.1, -0.05) is 0 Å². The Morgan fingerprint density at radius 2 is 2.18 bits per heavy atom. The summed E-state index contributed by atoms with van der Waals surface area (Å²) in [5, 5.41) is 4.16. The van der Waals surface area contributed by atoms with Crippen molar-refractivity contribution >= 4 is 28.6 Å². The highest BCUT2D eigenvalue weighted by Crippen LogP contribution is 2.18. The van der Waals surface area contributed by atoms with E-state index in [-0.39, 0.29) is 12.5 Å². The molecule has 5 nitrogen and oxygen atoms in total. The highest BCUT2D eigenvalue weighted by molar-refractivity contribution is 14.1. The van der Waals surface area contributed by atoms with Gasteiger partial charge in [-0.15, -0.1) is 5.10 Å². The molecule has 1 heterocycles. The van der Waals surface area contributed by atoms with Crippen LogP contribution in [-0.4, -0.2) is 28.0 Å². The second-order valence-electron chi connectivity index (χ2n) is 4.50. The third-order valence-corrected chi connectivity index (χ3v) is 2.42. The molecule has 6 heteroatoms. The summed E-state index contributed by atoms with van der Waals surface area (Å²) in [6.45, 7) is 8.05. The van der Waals surface area contributed by atoms with E-state index in [0.717, 1.165) is 3.57 Å². The predicted molar refractivity (Wildman–Crippen MR) is 72.0 cm³/mol. The van der Waals surface area contributed by atoms with Gasteiger partial charge in [0.25, 0.3) is 0 Å². The molecule has 96 valence electrons. The maximum absolute atomic E-state index is 11.6. The zero-order chi connectivity index (χ0) is 13.1. The maximum Gasteiger partial charge on any atom is 0.328 e. The summed E-state index contributed by atoms with van der Waals surface area (Å²) in [7, 11) is 0. The van der Waals surface area contributed by atoms with Gasteiger partial charge in [0, 0.05) is 6.20 Å². The number of aromatic nitrogens is 2. The number of hydrogen-bond donors (Lipinski definition) is 0. The molecule has 0 aliphatic heterocycles. The number of esters is 1. The topological polar surface area (TPSA) is 53.4 Å². The van der Waals surface area contributed by atoms with Gasteiger partial charge in [0.05, 0.1) is 10.2 Å². The lowest BCUT2D eigenvalue weighted by atomic mass is 10.2. The van der Waals surface area contributed by atoms with Gasteiger partial charge >= 0.3 is 5.97 Å². The fraction of sp³-hybridized carbons (Fsp3) is 0.636. The van der Waals surface area contributed by atoms with E-state index in [1.165, 1.54) is 4.68 Å². The van der Waals surface area contributed by atoms with E-state index >= 15 is 0 Å². The zero-order valence-corrected chi connectivity index (χ0v) is 12.6. The third kappa shape index (κ3) is 4.93. The first-order chi connectivity index (χ1) is 7.81. The van der Waals surface area contributed by atoms with E-state index in [1.54, 1.807) is 6.20 Å².